The van der Waals surface area contributed by atoms with Gasteiger partial charge in [-0.2, -0.15) is 0 Å². The number of nitrogens with zero attached hydrogens (tertiary/aromatic N) is 1. The molecule has 1 unspecified atom stereocenters. The molecule has 1 saturated heterocycles. The summed E-state index contributed by atoms with van der Waals surface area (Å²) in [6.07, 6.45) is 0. The van der Waals surface area contributed by atoms with Crippen molar-refractivity contribution < 1.29 is 4.79 Å². The van der Waals surface area contributed by atoms with Gasteiger partial charge in [-0.05, 0) is 5.92 Å². The molecule has 0 saturated carbocycles. The molecule has 2 N–H and O–H groups in total. The molecule has 0 aromatic heterocycles. The third-order valence-corrected chi connectivity index (χ3v) is 2.35. The molecular weight excluding hydrogens is 178 g/mol. The van der Waals surface area contributed by atoms with Crippen LogP contribution in [0.5, 0.6) is 0 Å². The Kier molecular flexibility index (Phi) is 4.35. The van der Waals surface area contributed by atoms with E-state index in [2.05, 4.69) is 24.5 Å². The standard InChI is InChI=1S/C10H21N3O/c1-8(2)7-13(3)10(14)9-6-11-4-5-12-9/h8-9,11-12H,4-7H2,1-3H3. The lowest BCUT2D eigenvalue weighted by molar-refractivity contribution is -0.132. The van der Waals surface area contributed by atoms with Crippen molar-refractivity contribution in [2.75, 3.05) is 33.2 Å². The van der Waals surface area contributed by atoms with Crippen LogP contribution in [0.3, 0.4) is 0 Å². The van der Waals surface area contributed by atoms with Crippen LogP contribution in [-0.4, -0.2) is 50.1 Å². The van der Waals surface area contributed by atoms with Crippen molar-refractivity contribution in [2.45, 2.75) is 19.9 Å². The molecule has 1 aliphatic rings. The monoisotopic (exact) mass is 199 g/mol. The predicted octanol–water partition coefficient (Wildman–Crippen LogP) is -0.338. The molecule has 4 heteroatoms. The zero-order valence-corrected chi connectivity index (χ0v) is 9.34. The Balaban J connectivity index is 2.38. The molecule has 1 fully saturated rings. The lowest BCUT2D eigenvalue weighted by Crippen LogP contribution is -2.56. The third kappa shape index (κ3) is 3.27. The first kappa shape index (κ1) is 11.5. The summed E-state index contributed by atoms with van der Waals surface area (Å²) in [6, 6.07) is -0.0347. The van der Waals surface area contributed by atoms with Crippen LogP contribution in [0, 0.1) is 5.92 Å². The summed E-state index contributed by atoms with van der Waals surface area (Å²) < 4.78 is 0. The molecule has 0 aliphatic carbocycles. The van der Waals surface area contributed by atoms with Gasteiger partial charge in [0, 0.05) is 33.2 Å². The summed E-state index contributed by atoms with van der Waals surface area (Å²) in [6.45, 7) is 7.66. The van der Waals surface area contributed by atoms with Crippen LogP contribution in [0.4, 0.5) is 0 Å². The largest absolute Gasteiger partial charge is 0.344 e. The highest BCUT2D eigenvalue weighted by atomic mass is 16.2. The van der Waals surface area contributed by atoms with E-state index in [1.165, 1.54) is 0 Å². The Bertz CT molecular complexity index is 188. The van der Waals surface area contributed by atoms with Crippen molar-refractivity contribution in [1.29, 1.82) is 0 Å². The number of hydrogen-bond acceptors (Lipinski definition) is 3. The summed E-state index contributed by atoms with van der Waals surface area (Å²) in [4.78, 5) is 13.7. The van der Waals surface area contributed by atoms with Crippen molar-refractivity contribution in [3.8, 4) is 0 Å². The van der Waals surface area contributed by atoms with E-state index in [9.17, 15) is 4.79 Å². The number of carbonyl (C=O) groups excluding carboxylic acids is 1. The highest BCUT2D eigenvalue weighted by Gasteiger charge is 2.23. The molecule has 0 bridgehead atoms. The second-order valence-electron chi connectivity index (χ2n) is 4.32. The fourth-order valence-electron chi connectivity index (χ4n) is 1.73. The molecule has 0 aromatic rings. The second kappa shape index (κ2) is 5.32. The molecule has 1 heterocycles. The minimum absolute atomic E-state index is 0.0347. The molecule has 1 amide bonds. The lowest BCUT2D eigenvalue weighted by atomic mass is 10.1. The fourth-order valence-corrected chi connectivity index (χ4v) is 1.73. The predicted molar refractivity (Wildman–Crippen MR) is 57.1 cm³/mol. The average molecular weight is 199 g/mol. The van der Waals surface area contributed by atoms with Crippen LogP contribution < -0.4 is 10.6 Å². The number of likely N-dealkylation sites (N-methyl/N-ethyl adjacent to an activating group) is 1. The van der Waals surface area contributed by atoms with E-state index < -0.39 is 0 Å². The molecule has 1 rings (SSSR count). The van der Waals surface area contributed by atoms with Crippen LogP contribution in [0.25, 0.3) is 0 Å². The van der Waals surface area contributed by atoms with Crippen molar-refractivity contribution in [1.82, 2.24) is 15.5 Å². The van der Waals surface area contributed by atoms with Crippen LogP contribution in [0.1, 0.15) is 13.8 Å². The maximum absolute atomic E-state index is 11.9. The van der Waals surface area contributed by atoms with Gasteiger partial charge in [0.15, 0.2) is 0 Å². The van der Waals surface area contributed by atoms with E-state index in [1.54, 1.807) is 0 Å². The maximum atomic E-state index is 11.9. The number of piperazine rings is 1. The maximum Gasteiger partial charge on any atom is 0.240 e. The quantitative estimate of drug-likeness (QED) is 0.654. The number of carbonyl (C=O) groups is 1. The molecule has 1 atom stereocenters. The minimum Gasteiger partial charge on any atom is -0.344 e. The summed E-state index contributed by atoms with van der Waals surface area (Å²) in [7, 11) is 1.87. The number of hydrogen-bond donors (Lipinski definition) is 2. The first-order chi connectivity index (χ1) is 6.61. The number of nitrogens with one attached hydrogen (secondary N) is 2. The van der Waals surface area contributed by atoms with E-state index in [4.69, 9.17) is 0 Å². The molecule has 82 valence electrons. The number of rotatable bonds is 3. The van der Waals surface area contributed by atoms with Gasteiger partial charge in [0.1, 0.15) is 0 Å². The smallest absolute Gasteiger partial charge is 0.240 e. The fraction of sp³-hybridized carbons (Fsp3) is 0.900. The summed E-state index contributed by atoms with van der Waals surface area (Å²) >= 11 is 0. The average Bonchev–Trinajstić information content (AvgIpc) is 2.17. The van der Waals surface area contributed by atoms with E-state index in [0.29, 0.717) is 5.92 Å². The molecule has 0 radical (unpaired) electrons. The van der Waals surface area contributed by atoms with Crippen LogP contribution in [-0.2, 0) is 4.79 Å². The highest BCUT2D eigenvalue weighted by molar-refractivity contribution is 5.82. The van der Waals surface area contributed by atoms with Crippen molar-refractivity contribution >= 4 is 5.91 Å². The summed E-state index contributed by atoms with van der Waals surface area (Å²) in [5.41, 5.74) is 0. The molecule has 14 heavy (non-hydrogen) atoms. The van der Waals surface area contributed by atoms with Crippen molar-refractivity contribution in [3.63, 3.8) is 0 Å². The topological polar surface area (TPSA) is 44.4 Å². The molecular formula is C10H21N3O. The van der Waals surface area contributed by atoms with Gasteiger partial charge >= 0.3 is 0 Å². The van der Waals surface area contributed by atoms with Crippen LogP contribution in [0.2, 0.25) is 0 Å². The lowest BCUT2D eigenvalue weighted by Gasteiger charge is -2.28. The van der Waals surface area contributed by atoms with Gasteiger partial charge in [-0.1, -0.05) is 13.8 Å². The third-order valence-electron chi connectivity index (χ3n) is 2.35. The highest BCUT2D eigenvalue weighted by Crippen LogP contribution is 2.00. The van der Waals surface area contributed by atoms with E-state index in [0.717, 1.165) is 26.2 Å². The molecule has 4 nitrogen and oxygen atoms in total. The normalized spacial score (nSPS) is 22.4. The van der Waals surface area contributed by atoms with Gasteiger partial charge in [0.05, 0.1) is 6.04 Å². The van der Waals surface area contributed by atoms with Gasteiger partial charge in [-0.3, -0.25) is 4.79 Å². The SMILES string of the molecule is CC(C)CN(C)C(=O)C1CNCCN1. The van der Waals surface area contributed by atoms with Gasteiger partial charge in [-0.15, -0.1) is 0 Å². The second-order valence-corrected chi connectivity index (χ2v) is 4.32. The zero-order chi connectivity index (χ0) is 10.6. The van der Waals surface area contributed by atoms with Crippen molar-refractivity contribution in [3.05, 3.63) is 0 Å². The van der Waals surface area contributed by atoms with E-state index >= 15 is 0 Å². The van der Waals surface area contributed by atoms with E-state index in [1.807, 2.05) is 11.9 Å². The Hall–Kier alpha value is -0.610. The zero-order valence-electron chi connectivity index (χ0n) is 9.34. The first-order valence-electron chi connectivity index (χ1n) is 5.30. The summed E-state index contributed by atoms with van der Waals surface area (Å²) in [5, 5.41) is 6.43. The summed E-state index contributed by atoms with van der Waals surface area (Å²) in [5.74, 6) is 0.728. The van der Waals surface area contributed by atoms with Gasteiger partial charge in [0.25, 0.3) is 0 Å². The Morgan fingerprint density at radius 2 is 2.21 bits per heavy atom. The molecule has 1 aliphatic heterocycles. The Labute approximate surface area is 86.0 Å². The Morgan fingerprint density at radius 3 is 2.71 bits per heavy atom. The van der Waals surface area contributed by atoms with Gasteiger partial charge in [0.2, 0.25) is 5.91 Å². The minimum atomic E-state index is -0.0347. The first-order valence-corrected chi connectivity index (χ1v) is 5.30. The van der Waals surface area contributed by atoms with Gasteiger partial charge < -0.3 is 15.5 Å². The van der Waals surface area contributed by atoms with E-state index in [-0.39, 0.29) is 11.9 Å². The molecule has 0 spiro atoms. The van der Waals surface area contributed by atoms with Gasteiger partial charge in [-0.25, -0.2) is 0 Å². The number of amides is 1. The molecule has 0 aromatic carbocycles. The van der Waals surface area contributed by atoms with Crippen molar-refractivity contribution in [2.24, 2.45) is 5.92 Å². The Morgan fingerprint density at radius 1 is 1.50 bits per heavy atom. The van der Waals surface area contributed by atoms with Crippen LogP contribution in [0.15, 0.2) is 0 Å². The van der Waals surface area contributed by atoms with Crippen LogP contribution >= 0.6 is 0 Å².